The van der Waals surface area contributed by atoms with Crippen molar-refractivity contribution >= 4 is 259 Å². The van der Waals surface area contributed by atoms with E-state index in [-0.39, 0.29) is 84.5 Å². The molecule has 0 heterocycles. The highest BCUT2D eigenvalue weighted by atomic mass is 33.2. The normalized spacial score (nSPS) is 29.7. The lowest BCUT2D eigenvalue weighted by molar-refractivity contribution is -0.0234. The number of hydrogen-bond donors (Lipinski definition) is 1. The van der Waals surface area contributed by atoms with Crippen LogP contribution >= 0.6 is 259 Å². The fourth-order valence-corrected chi connectivity index (χ4v) is 212. The molecule has 2 bridgehead atoms. The summed E-state index contributed by atoms with van der Waals surface area (Å²) in [6.07, 6.45) is -0.542. The first-order valence-electron chi connectivity index (χ1n) is 14.5. The first-order valence-corrected chi connectivity index (χ1v) is 70.4. The Kier molecular flexibility index (Phi) is 34.6. The Bertz CT molecular complexity index is 1160. The Hall–Kier alpha value is 13.1. The Morgan fingerprint density at radius 3 is 1.58 bits per heavy atom. The van der Waals surface area contributed by atoms with Crippen molar-refractivity contribution in [2.75, 3.05) is 0 Å². The van der Waals surface area contributed by atoms with Crippen molar-refractivity contribution < 1.29 is 18.7 Å². The third kappa shape index (κ3) is 17.1. The van der Waals surface area contributed by atoms with Gasteiger partial charge in [0.15, 0.2) is 0 Å². The molecule has 25 unspecified atom stereocenters. The zero-order chi connectivity index (χ0) is 40.3. The fraction of sp³-hybridized carbons (Fsp3) is 0.750. The number of fused-ring (bicyclic) bond motifs is 2. The van der Waals surface area contributed by atoms with E-state index in [4.69, 9.17) is 13.6 Å². The lowest BCUT2D eigenvalue weighted by atomic mass is 9.57. The SMILES string of the molecule is C=C1[C@H](O)C2C[C@H](OP(P(P)P(P)P)P(P(P)P)P(P)P)C(C)=C([C@@H](OP(P(P)P)P(PP)P(P)P)[C@H](OP(P(P)P)P(P)P(P)P)[C@H]1C)C2(C)C. The maximum Gasteiger partial charge on any atom is 0.112 e. The van der Waals surface area contributed by atoms with E-state index < -0.39 is 56.6 Å². The average molecular weight is 1310 g/mol. The molecule has 30 atom stereocenters. The molecule has 0 spiro atoms. The van der Waals surface area contributed by atoms with Crippen LogP contribution in [0, 0.1) is 17.3 Å². The zero-order valence-electron chi connectivity index (χ0n) is 29.1. The van der Waals surface area contributed by atoms with E-state index in [1.807, 2.05) is 0 Å². The molecule has 306 valence electrons. The monoisotopic (exact) mass is 1310 g/mol. The maximum absolute atomic E-state index is 12.5. The predicted octanol–water partition coefficient (Wildman–Crippen LogP) is 20.7. The fourth-order valence-electron chi connectivity index (χ4n) is 5.82. The van der Waals surface area contributed by atoms with Crippen LogP contribution in [0.25, 0.3) is 0 Å². The molecular formula is C16H58O4P32. The van der Waals surface area contributed by atoms with Crippen molar-refractivity contribution in [3.05, 3.63) is 23.3 Å². The summed E-state index contributed by atoms with van der Waals surface area (Å²) >= 11 is 0. The molecule has 0 saturated heterocycles. The van der Waals surface area contributed by atoms with Crippen molar-refractivity contribution in [1.29, 1.82) is 0 Å². The summed E-state index contributed by atoms with van der Waals surface area (Å²) < 4.78 is 23.1. The third-order valence-electron chi connectivity index (χ3n) is 8.35. The van der Waals surface area contributed by atoms with E-state index in [1.54, 1.807) is 0 Å². The van der Waals surface area contributed by atoms with Gasteiger partial charge < -0.3 is 18.7 Å². The number of aliphatic hydroxyl groups excluding tert-OH is 1. The van der Waals surface area contributed by atoms with Gasteiger partial charge in [-0.2, -0.15) is 0 Å². The summed E-state index contributed by atoms with van der Waals surface area (Å²) in [6, 6.07) is 0. The number of rotatable bonds is 18. The van der Waals surface area contributed by atoms with Crippen LogP contribution in [0.2, 0.25) is 0 Å². The van der Waals surface area contributed by atoms with Gasteiger partial charge in [-0.25, -0.2) is 0 Å². The van der Waals surface area contributed by atoms with E-state index in [0.29, 0.717) is 0 Å². The summed E-state index contributed by atoms with van der Waals surface area (Å²) in [7, 11) is 51.7. The van der Waals surface area contributed by atoms with Gasteiger partial charge in [0, 0.05) is 39.8 Å². The summed E-state index contributed by atoms with van der Waals surface area (Å²) in [4.78, 5) is 0. The summed E-state index contributed by atoms with van der Waals surface area (Å²) in [5.74, 6) is -0.137. The van der Waals surface area contributed by atoms with Gasteiger partial charge in [0.2, 0.25) is 0 Å². The zero-order valence-corrected chi connectivity index (χ0v) is 62.3. The van der Waals surface area contributed by atoms with Crippen LogP contribution < -0.4 is 0 Å². The molecule has 0 aromatic rings. The van der Waals surface area contributed by atoms with Crippen LogP contribution in [0.1, 0.15) is 34.1 Å². The maximum atomic E-state index is 12.5. The molecule has 1 N–H and O–H groups in total. The molecule has 52 heavy (non-hydrogen) atoms. The van der Waals surface area contributed by atoms with Crippen LogP contribution in [0.4, 0.5) is 0 Å². The Morgan fingerprint density at radius 2 is 1.17 bits per heavy atom. The van der Waals surface area contributed by atoms with Crippen molar-refractivity contribution in [1.82, 2.24) is 0 Å². The number of hydrogen-bond acceptors (Lipinski definition) is 4. The smallest absolute Gasteiger partial charge is 0.112 e. The van der Waals surface area contributed by atoms with E-state index in [2.05, 4.69) is 186 Å². The summed E-state index contributed by atoms with van der Waals surface area (Å²) in [5, 5.41) is 12.5. The van der Waals surface area contributed by atoms with Gasteiger partial charge in [-0.15, -0.1) is 134 Å². The van der Waals surface area contributed by atoms with Crippen molar-refractivity contribution in [3.8, 4) is 0 Å². The van der Waals surface area contributed by atoms with E-state index >= 15 is 0 Å². The van der Waals surface area contributed by atoms with Gasteiger partial charge in [-0.3, -0.25) is 0 Å². The molecule has 1 fully saturated rings. The van der Waals surface area contributed by atoms with Gasteiger partial charge in [0.1, 0.15) is 6.10 Å². The van der Waals surface area contributed by atoms with E-state index in [0.717, 1.165) is 20.0 Å². The quantitative estimate of drug-likeness (QED) is 0.110. The standard InChI is InChI=1S/C16H58O4P32/c1-7-8(2)14(19-39(42(22)23)49(36)44(26)27)15(20-40(43(24)25)51(38-21)46(30)31)12-9(3)11(6-10(13(7)17)16(12,4)5)18-41(50(37)45(28)29)52(47(32)33)48(34)35/h8,10-11,13-15,17,38H,1,6,21-37H2,2-5H3/t8-,10?,11-,13-,14+,15+,39?,40?,41?,49?,50?,51?/m0/s1. The second kappa shape index (κ2) is 29.4. The first-order chi connectivity index (χ1) is 23.8. The largest absolute Gasteiger partial charge is 0.388 e. The highest BCUT2D eigenvalue weighted by Crippen LogP contribution is 3.18. The molecule has 0 amide bonds. The van der Waals surface area contributed by atoms with Gasteiger partial charge >= 0.3 is 0 Å². The van der Waals surface area contributed by atoms with Crippen LogP contribution in [0.5, 0.6) is 0 Å². The van der Waals surface area contributed by atoms with Crippen LogP contribution in [0.15, 0.2) is 23.3 Å². The van der Waals surface area contributed by atoms with Gasteiger partial charge in [-0.05, 0) is 84.4 Å². The Balaban J connectivity index is 3.05. The van der Waals surface area contributed by atoms with Crippen molar-refractivity contribution in [2.45, 2.75) is 58.5 Å². The minimum Gasteiger partial charge on any atom is -0.388 e. The average Bonchev–Trinajstić information content (AvgIpc) is 3.02. The Morgan fingerprint density at radius 1 is 0.692 bits per heavy atom. The Labute approximate surface area is 373 Å². The molecule has 2 rings (SSSR count). The molecule has 0 radical (unpaired) electrons. The highest BCUT2D eigenvalue weighted by Gasteiger charge is 2.55. The number of aliphatic hydroxyl groups is 1. The molecule has 0 aliphatic heterocycles. The van der Waals surface area contributed by atoms with Crippen LogP contribution in [0.3, 0.4) is 0 Å². The molecule has 0 aromatic heterocycles. The minimum atomic E-state index is -0.800. The second-order valence-electron chi connectivity index (χ2n) is 11.9. The van der Waals surface area contributed by atoms with Gasteiger partial charge in [0.25, 0.3) is 0 Å². The summed E-state index contributed by atoms with van der Waals surface area (Å²) in [6.45, 7) is 9.65. The van der Waals surface area contributed by atoms with Crippen LogP contribution in [-0.2, 0) is 13.6 Å². The van der Waals surface area contributed by atoms with Crippen molar-refractivity contribution in [2.24, 2.45) is 17.3 Å². The molecule has 4 nitrogen and oxygen atoms in total. The molecule has 0 aromatic carbocycles. The lowest BCUT2D eigenvalue weighted by Crippen LogP contribution is -2.53. The predicted molar refractivity (Wildman–Crippen MR) is 344 cm³/mol. The first kappa shape index (κ1) is 61.2. The van der Waals surface area contributed by atoms with Crippen LogP contribution in [-0.4, -0.2) is 29.5 Å². The molecule has 1 saturated carbocycles. The molecular weight excluding hydrogens is 1250 g/mol. The molecule has 2 aliphatic rings. The third-order valence-corrected chi connectivity index (χ3v) is 167. The molecule has 36 heteroatoms. The second-order valence-corrected chi connectivity index (χ2v) is 127. The topological polar surface area (TPSA) is 47.9 Å². The lowest BCUT2D eigenvalue weighted by Gasteiger charge is -2.55. The van der Waals surface area contributed by atoms with Gasteiger partial charge in [0.05, 0.1) is 40.9 Å². The highest BCUT2D eigenvalue weighted by molar-refractivity contribution is 9.19. The van der Waals surface area contributed by atoms with E-state index in [9.17, 15) is 5.11 Å². The minimum absolute atomic E-state index is 0.0501. The summed E-state index contributed by atoms with van der Waals surface area (Å²) in [5.41, 5.74) is 3.12. The van der Waals surface area contributed by atoms with Gasteiger partial charge in [-0.1, -0.05) is 53.2 Å². The van der Waals surface area contributed by atoms with E-state index in [1.165, 1.54) is 11.1 Å². The van der Waals surface area contributed by atoms with Crippen molar-refractivity contribution in [3.63, 3.8) is 0 Å². The molecule has 2 aliphatic carbocycles.